The van der Waals surface area contributed by atoms with Gasteiger partial charge in [0, 0.05) is 6.04 Å². The van der Waals surface area contributed by atoms with Crippen molar-refractivity contribution >= 4 is 49.7 Å². The van der Waals surface area contributed by atoms with Crippen molar-refractivity contribution in [2.45, 2.75) is 43.5 Å². The third-order valence-corrected chi connectivity index (χ3v) is 3.55. The molecule has 148 valence electrons. The van der Waals surface area contributed by atoms with Crippen molar-refractivity contribution in [2.24, 2.45) is 0 Å². The number of carboxylic acid groups (broad SMARTS) is 2. The van der Waals surface area contributed by atoms with Crippen LogP contribution in [0.1, 0.15) is 18.6 Å². The molecule has 0 heterocycles. The van der Waals surface area contributed by atoms with Crippen LogP contribution in [0.4, 0.5) is 0 Å². The standard InChI is InChI=1S/C10H15NO.C6H10O8.Ca/c1-8(11-2)10(12)9-6-4-3-5-7-9;7-1(3(9)5(11)12)2(8)4(10)6(13)14;/h3-8,10-12H,1-2H3;1-4,7-10H,(H,11,12)(H,13,14);/q;;+2/p-2/t;1-,2-,3-,4+;/m.0./s1. The molecule has 6 N–H and O–H groups in total. The Morgan fingerprint density at radius 3 is 1.56 bits per heavy atom. The summed E-state index contributed by atoms with van der Waals surface area (Å²) < 4.78 is 0. The van der Waals surface area contributed by atoms with Crippen LogP contribution in [0.15, 0.2) is 30.3 Å². The third-order valence-electron chi connectivity index (χ3n) is 3.55. The van der Waals surface area contributed by atoms with Gasteiger partial charge in [-0.05, 0) is 19.5 Å². The molecule has 0 aliphatic rings. The van der Waals surface area contributed by atoms with Crippen LogP contribution >= 0.6 is 0 Å². The molecule has 0 spiro atoms. The molecule has 2 unspecified atom stereocenters. The number of hydrogen-bond donors (Lipinski definition) is 6. The minimum Gasteiger partial charge on any atom is -0.547 e. The fourth-order valence-electron chi connectivity index (χ4n) is 1.75. The van der Waals surface area contributed by atoms with E-state index in [0.29, 0.717) is 0 Å². The number of nitrogens with one attached hydrogen (secondary N) is 1. The van der Waals surface area contributed by atoms with Crippen LogP contribution < -0.4 is 15.5 Å². The predicted octanol–water partition coefficient (Wildman–Crippen LogP) is -5.12. The monoisotopic (exact) mass is 413 g/mol. The zero-order valence-electron chi connectivity index (χ0n) is 14.9. The summed E-state index contributed by atoms with van der Waals surface area (Å²) >= 11 is 0. The van der Waals surface area contributed by atoms with Gasteiger partial charge in [0.15, 0.2) is 0 Å². The molecule has 0 amide bonds. The van der Waals surface area contributed by atoms with E-state index >= 15 is 0 Å². The Balaban J connectivity index is 0. The number of aliphatic hydroxyl groups excluding tert-OH is 5. The number of hydrogen-bond acceptors (Lipinski definition) is 10. The number of aliphatic carboxylic acids is 2. The van der Waals surface area contributed by atoms with Gasteiger partial charge >= 0.3 is 37.7 Å². The average molecular weight is 413 g/mol. The molecule has 0 bridgehead atoms. The first-order valence-corrected chi connectivity index (χ1v) is 7.58. The summed E-state index contributed by atoms with van der Waals surface area (Å²) in [6.07, 6.45) is -10.2. The van der Waals surface area contributed by atoms with Crippen molar-refractivity contribution in [1.82, 2.24) is 5.32 Å². The van der Waals surface area contributed by atoms with E-state index in [9.17, 15) is 24.9 Å². The van der Waals surface area contributed by atoms with Crippen LogP contribution in [0.3, 0.4) is 0 Å². The smallest absolute Gasteiger partial charge is 0.547 e. The molecule has 1 aromatic carbocycles. The number of rotatable bonds is 8. The molecular formula is C16H23CaNO9. The van der Waals surface area contributed by atoms with E-state index in [2.05, 4.69) is 5.32 Å². The van der Waals surface area contributed by atoms with Gasteiger partial charge in [0.1, 0.15) is 24.4 Å². The Hall–Kier alpha value is -0.820. The van der Waals surface area contributed by atoms with E-state index in [1.807, 2.05) is 44.3 Å². The molecule has 0 fully saturated rings. The SMILES string of the molecule is CNC(C)C(O)c1ccccc1.O=C([O-])[C@@H](O)[C@@H](O)[C@H](O)[C@@H](O)C(=O)[O-].[Ca+2]. The number of likely N-dealkylation sites (N-methyl/N-ethyl adjacent to an activating group) is 1. The Labute approximate surface area is 186 Å². The fraction of sp³-hybridized carbons (Fsp3) is 0.500. The van der Waals surface area contributed by atoms with Gasteiger partial charge in [-0.15, -0.1) is 0 Å². The maximum Gasteiger partial charge on any atom is 2.00 e. The quantitative estimate of drug-likeness (QED) is 0.224. The predicted molar refractivity (Wildman–Crippen MR) is 89.7 cm³/mol. The van der Waals surface area contributed by atoms with Crippen molar-refractivity contribution in [3.05, 3.63) is 35.9 Å². The minimum absolute atomic E-state index is 0. The van der Waals surface area contributed by atoms with E-state index < -0.39 is 42.5 Å². The second-order valence-corrected chi connectivity index (χ2v) is 5.44. The van der Waals surface area contributed by atoms with Gasteiger partial charge in [0.05, 0.1) is 18.0 Å². The van der Waals surface area contributed by atoms with Crippen molar-refractivity contribution in [1.29, 1.82) is 0 Å². The molecule has 11 heteroatoms. The van der Waals surface area contributed by atoms with Crippen molar-refractivity contribution < 1.29 is 45.3 Å². The molecule has 0 radical (unpaired) electrons. The van der Waals surface area contributed by atoms with E-state index in [4.69, 9.17) is 20.4 Å². The summed E-state index contributed by atoms with van der Waals surface area (Å²) in [5, 5.41) is 67.5. The maximum absolute atomic E-state index is 9.96. The zero-order chi connectivity index (χ0) is 20.4. The molecule has 0 saturated carbocycles. The third kappa shape index (κ3) is 9.79. The molecule has 6 atom stereocenters. The first-order valence-electron chi connectivity index (χ1n) is 7.58. The summed E-state index contributed by atoms with van der Waals surface area (Å²) in [6.45, 7) is 1.96. The minimum atomic E-state index is -2.50. The molecule has 27 heavy (non-hydrogen) atoms. The Bertz CT molecular complexity index is 536. The van der Waals surface area contributed by atoms with Crippen LogP contribution in [0.25, 0.3) is 0 Å². The molecule has 1 rings (SSSR count). The van der Waals surface area contributed by atoms with Gasteiger partial charge in [-0.3, -0.25) is 0 Å². The number of aliphatic hydroxyl groups is 5. The largest absolute Gasteiger partial charge is 2.00 e. The Morgan fingerprint density at radius 1 is 0.889 bits per heavy atom. The topological polar surface area (TPSA) is 193 Å². The summed E-state index contributed by atoms with van der Waals surface area (Å²) in [6, 6.07) is 9.76. The molecule has 0 saturated heterocycles. The molecule has 0 aliphatic heterocycles. The Kier molecular flexibility index (Phi) is 14.9. The van der Waals surface area contributed by atoms with Gasteiger partial charge in [-0.1, -0.05) is 30.3 Å². The van der Waals surface area contributed by atoms with E-state index in [1.54, 1.807) is 0 Å². The first-order chi connectivity index (χ1) is 12.0. The first kappa shape index (κ1) is 28.4. The Morgan fingerprint density at radius 2 is 1.26 bits per heavy atom. The number of benzene rings is 1. The van der Waals surface area contributed by atoms with Crippen molar-refractivity contribution in [3.63, 3.8) is 0 Å². The van der Waals surface area contributed by atoms with Gasteiger partial charge in [-0.25, -0.2) is 0 Å². The van der Waals surface area contributed by atoms with Gasteiger partial charge in [0.25, 0.3) is 0 Å². The van der Waals surface area contributed by atoms with E-state index in [-0.39, 0.29) is 43.8 Å². The van der Waals surface area contributed by atoms with E-state index in [0.717, 1.165) is 5.56 Å². The van der Waals surface area contributed by atoms with Crippen molar-refractivity contribution in [3.8, 4) is 0 Å². The fourth-order valence-corrected chi connectivity index (χ4v) is 1.75. The molecular weight excluding hydrogens is 390 g/mol. The second kappa shape index (κ2) is 14.2. The van der Waals surface area contributed by atoms with E-state index in [1.165, 1.54) is 0 Å². The van der Waals surface area contributed by atoms with Crippen LogP contribution in [-0.2, 0) is 9.59 Å². The van der Waals surface area contributed by atoms with Crippen LogP contribution in [0, 0.1) is 0 Å². The van der Waals surface area contributed by atoms with Gasteiger partial charge in [0.2, 0.25) is 0 Å². The summed E-state index contributed by atoms with van der Waals surface area (Å²) in [7, 11) is 1.84. The maximum atomic E-state index is 9.96. The van der Waals surface area contributed by atoms with Crippen LogP contribution in [0.5, 0.6) is 0 Å². The molecule has 0 aromatic heterocycles. The normalized spacial score (nSPS) is 17.0. The summed E-state index contributed by atoms with van der Waals surface area (Å²) in [5.41, 5.74) is 0.958. The summed E-state index contributed by atoms with van der Waals surface area (Å²) in [5.74, 6) is -4.22. The zero-order valence-corrected chi connectivity index (χ0v) is 17.1. The number of carboxylic acids is 2. The average Bonchev–Trinajstić information content (AvgIpc) is 2.65. The van der Waals surface area contributed by atoms with Crippen molar-refractivity contribution in [2.75, 3.05) is 7.05 Å². The molecule has 1 aromatic rings. The van der Waals surface area contributed by atoms with Gasteiger partial charge in [-0.2, -0.15) is 0 Å². The number of carbonyl (C=O) groups is 2. The summed E-state index contributed by atoms with van der Waals surface area (Å²) in [4.78, 5) is 19.9. The molecule has 10 nitrogen and oxygen atoms in total. The van der Waals surface area contributed by atoms with Crippen LogP contribution in [0.2, 0.25) is 0 Å². The van der Waals surface area contributed by atoms with Crippen LogP contribution in [-0.4, -0.2) is 113 Å². The number of carbonyl (C=O) groups excluding carboxylic acids is 2. The molecule has 0 aliphatic carbocycles. The second-order valence-electron chi connectivity index (χ2n) is 5.44. The van der Waals surface area contributed by atoms with Gasteiger partial charge < -0.3 is 50.7 Å².